The van der Waals surface area contributed by atoms with Gasteiger partial charge < -0.3 is 15.1 Å². The van der Waals surface area contributed by atoms with E-state index >= 15 is 0 Å². The number of carbonyl (C=O) groups is 2. The van der Waals surface area contributed by atoms with Gasteiger partial charge in [-0.15, -0.1) is 0 Å². The van der Waals surface area contributed by atoms with Gasteiger partial charge in [-0.05, 0) is 25.7 Å². The van der Waals surface area contributed by atoms with E-state index in [0.29, 0.717) is 13.1 Å². The molecular weight excluding hydrogens is 242 g/mol. The first kappa shape index (κ1) is 14.3. The van der Waals surface area contributed by atoms with Gasteiger partial charge in [0.15, 0.2) is 0 Å². The molecule has 1 N–H and O–H groups in total. The molecule has 0 spiro atoms. The minimum absolute atomic E-state index is 0.276. The summed E-state index contributed by atoms with van der Waals surface area (Å²) in [6, 6.07) is 0.276. The lowest BCUT2D eigenvalue weighted by Gasteiger charge is -2.37. The fourth-order valence-electron chi connectivity index (χ4n) is 3.03. The van der Waals surface area contributed by atoms with Crippen LogP contribution in [0.15, 0.2) is 0 Å². The Bertz CT molecular complexity index is 325. The molecule has 2 amide bonds. The third-order valence-electron chi connectivity index (χ3n) is 4.10. The van der Waals surface area contributed by atoms with Crippen LogP contribution in [0.25, 0.3) is 0 Å². The third kappa shape index (κ3) is 3.47. The highest BCUT2D eigenvalue weighted by Gasteiger charge is 2.33. The van der Waals surface area contributed by atoms with Gasteiger partial charge >= 0.3 is 11.8 Å². The molecule has 2 heterocycles. The lowest BCUT2D eigenvalue weighted by atomic mass is 9.98. The number of nitrogens with zero attached hydrogens (tertiary/aromatic N) is 2. The Morgan fingerprint density at radius 1 is 1.11 bits per heavy atom. The molecule has 0 saturated carbocycles. The molecule has 2 rings (SSSR count). The summed E-state index contributed by atoms with van der Waals surface area (Å²) in [6.07, 6.45) is 5.34. The summed E-state index contributed by atoms with van der Waals surface area (Å²) in [5.74, 6) is -0.579. The van der Waals surface area contributed by atoms with Gasteiger partial charge in [0.05, 0.1) is 0 Å². The molecule has 0 bridgehead atoms. The van der Waals surface area contributed by atoms with Crippen LogP contribution in [-0.4, -0.2) is 60.4 Å². The predicted octanol–water partition coefficient (Wildman–Crippen LogP) is 0.599. The maximum atomic E-state index is 12.4. The van der Waals surface area contributed by atoms with E-state index in [1.54, 1.807) is 4.90 Å². The molecule has 0 radical (unpaired) electrons. The Labute approximate surface area is 115 Å². The number of nitrogens with one attached hydrogen (secondary N) is 1. The molecule has 19 heavy (non-hydrogen) atoms. The molecule has 2 aliphatic rings. The largest absolute Gasteiger partial charge is 0.332 e. The Kier molecular flexibility index (Phi) is 5.19. The normalized spacial score (nSPS) is 24.4. The first-order valence-electron chi connectivity index (χ1n) is 7.54. The molecule has 5 heteroatoms. The SMILES string of the molecule is CCCC1CCCCN1C(=O)C(=O)N1CCNCC1. The zero-order valence-corrected chi connectivity index (χ0v) is 11.9. The topological polar surface area (TPSA) is 52.7 Å². The number of likely N-dealkylation sites (tertiary alicyclic amines) is 1. The zero-order valence-electron chi connectivity index (χ0n) is 11.9. The van der Waals surface area contributed by atoms with Crippen molar-refractivity contribution in [2.24, 2.45) is 0 Å². The molecule has 1 unspecified atom stereocenters. The second-order valence-electron chi connectivity index (χ2n) is 5.48. The molecule has 2 fully saturated rings. The van der Waals surface area contributed by atoms with Crippen LogP contribution in [0.5, 0.6) is 0 Å². The van der Waals surface area contributed by atoms with Crippen molar-refractivity contribution in [1.29, 1.82) is 0 Å². The second-order valence-corrected chi connectivity index (χ2v) is 5.48. The molecule has 1 atom stereocenters. The van der Waals surface area contributed by atoms with Crippen LogP contribution in [0.3, 0.4) is 0 Å². The van der Waals surface area contributed by atoms with E-state index in [0.717, 1.165) is 45.3 Å². The van der Waals surface area contributed by atoms with E-state index < -0.39 is 0 Å². The van der Waals surface area contributed by atoms with E-state index in [1.807, 2.05) is 4.90 Å². The molecule has 108 valence electrons. The van der Waals surface area contributed by atoms with Gasteiger partial charge in [0.1, 0.15) is 0 Å². The van der Waals surface area contributed by atoms with Gasteiger partial charge in [-0.2, -0.15) is 0 Å². The molecule has 0 aliphatic carbocycles. The van der Waals surface area contributed by atoms with Crippen LogP contribution in [0.1, 0.15) is 39.0 Å². The molecule has 0 aromatic heterocycles. The molecule has 2 saturated heterocycles. The van der Waals surface area contributed by atoms with E-state index in [4.69, 9.17) is 0 Å². The van der Waals surface area contributed by atoms with Crippen LogP contribution in [0, 0.1) is 0 Å². The molecule has 0 aromatic carbocycles. The second kappa shape index (κ2) is 6.89. The highest BCUT2D eigenvalue weighted by Crippen LogP contribution is 2.21. The maximum absolute atomic E-state index is 12.4. The fraction of sp³-hybridized carbons (Fsp3) is 0.857. The van der Waals surface area contributed by atoms with Crippen molar-refractivity contribution in [3.05, 3.63) is 0 Å². The quantitative estimate of drug-likeness (QED) is 0.745. The summed E-state index contributed by atoms with van der Waals surface area (Å²) in [5, 5.41) is 3.20. The van der Waals surface area contributed by atoms with E-state index in [2.05, 4.69) is 12.2 Å². The highest BCUT2D eigenvalue weighted by molar-refractivity contribution is 6.35. The van der Waals surface area contributed by atoms with E-state index in [9.17, 15) is 9.59 Å². The van der Waals surface area contributed by atoms with Crippen LogP contribution < -0.4 is 5.32 Å². The summed E-state index contributed by atoms with van der Waals surface area (Å²) in [5.41, 5.74) is 0. The lowest BCUT2D eigenvalue weighted by molar-refractivity contribution is -0.154. The van der Waals surface area contributed by atoms with Crippen LogP contribution in [0.2, 0.25) is 0 Å². The van der Waals surface area contributed by atoms with Crippen molar-refractivity contribution in [2.75, 3.05) is 32.7 Å². The predicted molar refractivity (Wildman–Crippen MR) is 73.7 cm³/mol. The monoisotopic (exact) mass is 267 g/mol. The zero-order chi connectivity index (χ0) is 13.7. The average molecular weight is 267 g/mol. The highest BCUT2D eigenvalue weighted by atomic mass is 16.2. The number of rotatable bonds is 2. The number of hydrogen-bond acceptors (Lipinski definition) is 3. The van der Waals surface area contributed by atoms with Crippen LogP contribution in [0.4, 0.5) is 0 Å². The van der Waals surface area contributed by atoms with Crippen molar-refractivity contribution in [2.45, 2.75) is 45.1 Å². The van der Waals surface area contributed by atoms with Gasteiger partial charge in [0, 0.05) is 38.8 Å². The minimum atomic E-state index is -0.301. The number of carbonyl (C=O) groups excluding carboxylic acids is 2. The lowest BCUT2D eigenvalue weighted by Crippen LogP contribution is -2.54. The van der Waals surface area contributed by atoms with Crippen LogP contribution in [-0.2, 0) is 9.59 Å². The number of amides is 2. The summed E-state index contributed by atoms with van der Waals surface area (Å²) < 4.78 is 0. The minimum Gasteiger partial charge on any atom is -0.332 e. The van der Waals surface area contributed by atoms with Crippen molar-refractivity contribution in [1.82, 2.24) is 15.1 Å². The first-order valence-corrected chi connectivity index (χ1v) is 7.54. The van der Waals surface area contributed by atoms with Gasteiger partial charge in [-0.3, -0.25) is 9.59 Å². The van der Waals surface area contributed by atoms with Gasteiger partial charge in [-0.1, -0.05) is 13.3 Å². The molecule has 2 aliphatic heterocycles. The van der Waals surface area contributed by atoms with Gasteiger partial charge in [-0.25, -0.2) is 0 Å². The summed E-state index contributed by atoms with van der Waals surface area (Å²) in [4.78, 5) is 28.2. The maximum Gasteiger partial charge on any atom is 0.312 e. The summed E-state index contributed by atoms with van der Waals surface area (Å²) in [6.45, 7) is 5.76. The third-order valence-corrected chi connectivity index (χ3v) is 4.10. The number of piperidine rings is 1. The van der Waals surface area contributed by atoms with Crippen molar-refractivity contribution < 1.29 is 9.59 Å². The Morgan fingerprint density at radius 3 is 2.53 bits per heavy atom. The first-order chi connectivity index (χ1) is 9.24. The summed E-state index contributed by atoms with van der Waals surface area (Å²) >= 11 is 0. The fourth-order valence-corrected chi connectivity index (χ4v) is 3.03. The smallest absolute Gasteiger partial charge is 0.312 e. The van der Waals surface area contributed by atoms with E-state index in [1.165, 1.54) is 6.42 Å². The van der Waals surface area contributed by atoms with Crippen LogP contribution >= 0.6 is 0 Å². The number of hydrogen-bond donors (Lipinski definition) is 1. The Morgan fingerprint density at radius 2 is 1.84 bits per heavy atom. The van der Waals surface area contributed by atoms with Crippen molar-refractivity contribution >= 4 is 11.8 Å². The molecule has 0 aromatic rings. The standard InChI is InChI=1S/C14H25N3O2/c1-2-5-12-6-3-4-9-17(12)14(19)13(18)16-10-7-15-8-11-16/h12,15H,2-11H2,1H3. The van der Waals surface area contributed by atoms with E-state index in [-0.39, 0.29) is 17.9 Å². The Hall–Kier alpha value is -1.10. The number of piperazine rings is 1. The van der Waals surface area contributed by atoms with Crippen molar-refractivity contribution in [3.63, 3.8) is 0 Å². The van der Waals surface area contributed by atoms with Crippen molar-refractivity contribution in [3.8, 4) is 0 Å². The molecular formula is C14H25N3O2. The summed E-state index contributed by atoms with van der Waals surface area (Å²) in [7, 11) is 0. The Balaban J connectivity index is 1.97. The van der Waals surface area contributed by atoms with Gasteiger partial charge in [0.2, 0.25) is 0 Å². The molecule has 5 nitrogen and oxygen atoms in total. The van der Waals surface area contributed by atoms with Gasteiger partial charge in [0.25, 0.3) is 0 Å². The average Bonchev–Trinajstić information content (AvgIpc) is 2.47.